The molecule has 0 atom stereocenters. The minimum Gasteiger partial charge on any atom is -0.274 e. The SMILES string of the molecule is CC(C)c1[nH]nc(Cl)c1[N+](=O)[O-]. The maximum atomic E-state index is 10.5. The Morgan fingerprint density at radius 2 is 2.25 bits per heavy atom. The first kappa shape index (κ1) is 8.99. The number of nitrogens with one attached hydrogen (secondary N) is 1. The lowest BCUT2D eigenvalue weighted by molar-refractivity contribution is -0.385. The van der Waals surface area contributed by atoms with Gasteiger partial charge in [0.1, 0.15) is 5.69 Å². The summed E-state index contributed by atoms with van der Waals surface area (Å²) in [4.78, 5) is 9.94. The van der Waals surface area contributed by atoms with Gasteiger partial charge >= 0.3 is 5.69 Å². The fourth-order valence-corrected chi connectivity index (χ4v) is 1.12. The molecule has 66 valence electrons. The number of aromatic amines is 1. The smallest absolute Gasteiger partial charge is 0.274 e. The van der Waals surface area contributed by atoms with E-state index in [9.17, 15) is 10.1 Å². The van der Waals surface area contributed by atoms with Crippen LogP contribution in [0.25, 0.3) is 0 Å². The Morgan fingerprint density at radius 3 is 2.58 bits per heavy atom. The molecular formula is C6H8ClN3O2. The summed E-state index contributed by atoms with van der Waals surface area (Å²) in [5, 5.41) is 16.5. The Morgan fingerprint density at radius 1 is 1.67 bits per heavy atom. The predicted molar refractivity (Wildman–Crippen MR) is 44.3 cm³/mol. The first-order valence-electron chi connectivity index (χ1n) is 3.42. The molecule has 5 nitrogen and oxygen atoms in total. The zero-order valence-corrected chi connectivity index (χ0v) is 7.42. The van der Waals surface area contributed by atoms with Crippen molar-refractivity contribution in [2.24, 2.45) is 0 Å². The van der Waals surface area contributed by atoms with Crippen molar-refractivity contribution in [1.29, 1.82) is 0 Å². The highest BCUT2D eigenvalue weighted by Crippen LogP contribution is 2.30. The van der Waals surface area contributed by atoms with Crippen molar-refractivity contribution in [3.05, 3.63) is 21.0 Å². The van der Waals surface area contributed by atoms with Crippen LogP contribution in [0.5, 0.6) is 0 Å². The number of hydrogen-bond acceptors (Lipinski definition) is 3. The van der Waals surface area contributed by atoms with Crippen LogP contribution in [0.3, 0.4) is 0 Å². The van der Waals surface area contributed by atoms with Gasteiger partial charge in [-0.1, -0.05) is 25.4 Å². The van der Waals surface area contributed by atoms with Crippen molar-refractivity contribution in [3.63, 3.8) is 0 Å². The van der Waals surface area contributed by atoms with Crippen LogP contribution >= 0.6 is 11.6 Å². The molecule has 0 fully saturated rings. The van der Waals surface area contributed by atoms with Crippen molar-refractivity contribution >= 4 is 17.3 Å². The Labute approximate surface area is 73.9 Å². The summed E-state index contributed by atoms with van der Waals surface area (Å²) in [5.41, 5.74) is 0.344. The number of H-pyrrole nitrogens is 1. The number of nitro groups is 1. The fraction of sp³-hybridized carbons (Fsp3) is 0.500. The normalized spacial score (nSPS) is 10.7. The summed E-state index contributed by atoms with van der Waals surface area (Å²) in [6, 6.07) is 0. The summed E-state index contributed by atoms with van der Waals surface area (Å²) >= 11 is 5.50. The second-order valence-corrected chi connectivity index (χ2v) is 3.05. The average molecular weight is 190 g/mol. The third-order valence-corrected chi connectivity index (χ3v) is 1.75. The second kappa shape index (κ2) is 3.10. The monoisotopic (exact) mass is 189 g/mol. The van der Waals surface area contributed by atoms with Gasteiger partial charge in [-0.05, 0) is 0 Å². The standard InChI is InChI=1S/C6H8ClN3O2/c1-3(2)4-5(10(11)12)6(7)9-8-4/h3H,1-2H3,(H,8,9). The highest BCUT2D eigenvalue weighted by Gasteiger charge is 2.24. The molecule has 1 N–H and O–H groups in total. The molecule has 0 bridgehead atoms. The van der Waals surface area contributed by atoms with E-state index in [1.165, 1.54) is 0 Å². The van der Waals surface area contributed by atoms with E-state index < -0.39 is 4.92 Å². The Hall–Kier alpha value is -1.10. The van der Waals surface area contributed by atoms with E-state index in [0.717, 1.165) is 0 Å². The third-order valence-electron chi connectivity index (χ3n) is 1.48. The van der Waals surface area contributed by atoms with Crippen molar-refractivity contribution in [3.8, 4) is 0 Å². The average Bonchev–Trinajstić information content (AvgIpc) is 2.30. The largest absolute Gasteiger partial charge is 0.329 e. The van der Waals surface area contributed by atoms with Crippen LogP contribution in [0.15, 0.2) is 0 Å². The zero-order chi connectivity index (χ0) is 9.30. The van der Waals surface area contributed by atoms with Crippen LogP contribution in [0.4, 0.5) is 5.69 Å². The summed E-state index contributed by atoms with van der Waals surface area (Å²) in [7, 11) is 0. The number of aromatic nitrogens is 2. The Kier molecular flexibility index (Phi) is 2.32. The van der Waals surface area contributed by atoms with Crippen LogP contribution in [0, 0.1) is 10.1 Å². The lowest BCUT2D eigenvalue weighted by atomic mass is 10.1. The van der Waals surface area contributed by atoms with Gasteiger partial charge in [0.2, 0.25) is 5.15 Å². The molecule has 0 radical (unpaired) electrons. The highest BCUT2D eigenvalue weighted by molar-refractivity contribution is 6.31. The molecule has 1 heterocycles. The summed E-state index contributed by atoms with van der Waals surface area (Å²) < 4.78 is 0. The third kappa shape index (κ3) is 1.40. The highest BCUT2D eigenvalue weighted by atomic mass is 35.5. The molecule has 12 heavy (non-hydrogen) atoms. The molecule has 0 saturated heterocycles. The van der Waals surface area contributed by atoms with Crippen LogP contribution in [-0.4, -0.2) is 15.1 Å². The molecule has 0 spiro atoms. The van der Waals surface area contributed by atoms with Crippen molar-refractivity contribution in [1.82, 2.24) is 10.2 Å². The Bertz CT molecular complexity index is 308. The number of rotatable bonds is 2. The molecule has 0 unspecified atom stereocenters. The second-order valence-electron chi connectivity index (χ2n) is 2.69. The van der Waals surface area contributed by atoms with Gasteiger partial charge < -0.3 is 0 Å². The topological polar surface area (TPSA) is 71.8 Å². The minimum atomic E-state index is -0.527. The lowest BCUT2D eigenvalue weighted by Crippen LogP contribution is -1.95. The molecule has 1 rings (SSSR count). The summed E-state index contributed by atoms with van der Waals surface area (Å²) in [5.74, 6) is 0.0189. The molecule has 1 aromatic heterocycles. The van der Waals surface area contributed by atoms with E-state index in [2.05, 4.69) is 10.2 Å². The predicted octanol–water partition coefficient (Wildman–Crippen LogP) is 2.09. The molecular weight excluding hydrogens is 182 g/mol. The van der Waals surface area contributed by atoms with Gasteiger partial charge in [0.25, 0.3) is 0 Å². The van der Waals surface area contributed by atoms with Crippen molar-refractivity contribution in [2.45, 2.75) is 19.8 Å². The van der Waals surface area contributed by atoms with Crippen LogP contribution in [0.1, 0.15) is 25.5 Å². The van der Waals surface area contributed by atoms with Crippen LogP contribution in [-0.2, 0) is 0 Å². The first-order valence-corrected chi connectivity index (χ1v) is 3.80. The molecule has 0 amide bonds. The minimum absolute atomic E-state index is 0.0189. The van der Waals surface area contributed by atoms with Crippen LogP contribution in [0.2, 0.25) is 5.15 Å². The zero-order valence-electron chi connectivity index (χ0n) is 6.67. The molecule has 0 aliphatic heterocycles. The summed E-state index contributed by atoms with van der Waals surface area (Å²) in [6.07, 6.45) is 0. The van der Waals surface area contributed by atoms with Gasteiger partial charge in [-0.3, -0.25) is 15.2 Å². The van der Waals surface area contributed by atoms with Crippen molar-refractivity contribution in [2.75, 3.05) is 0 Å². The van der Waals surface area contributed by atoms with Gasteiger partial charge in [0.15, 0.2) is 0 Å². The van der Waals surface area contributed by atoms with Crippen molar-refractivity contribution < 1.29 is 4.92 Å². The van der Waals surface area contributed by atoms with Gasteiger partial charge in [-0.25, -0.2) is 0 Å². The molecule has 0 aromatic carbocycles. The van der Waals surface area contributed by atoms with E-state index in [-0.39, 0.29) is 16.8 Å². The van der Waals surface area contributed by atoms with E-state index in [4.69, 9.17) is 11.6 Å². The van der Waals surface area contributed by atoms with E-state index in [0.29, 0.717) is 5.69 Å². The number of hydrogen-bond donors (Lipinski definition) is 1. The molecule has 0 saturated carbocycles. The van der Waals surface area contributed by atoms with Gasteiger partial charge in [0.05, 0.1) is 4.92 Å². The number of halogens is 1. The van der Waals surface area contributed by atoms with Gasteiger partial charge in [-0.15, -0.1) is 0 Å². The maximum absolute atomic E-state index is 10.5. The Balaban J connectivity index is 3.21. The molecule has 0 aliphatic carbocycles. The van der Waals surface area contributed by atoms with E-state index >= 15 is 0 Å². The van der Waals surface area contributed by atoms with E-state index in [1.807, 2.05) is 13.8 Å². The lowest BCUT2D eigenvalue weighted by Gasteiger charge is -1.98. The first-order chi connectivity index (χ1) is 5.54. The maximum Gasteiger partial charge on any atom is 0.329 e. The van der Waals surface area contributed by atoms with Gasteiger partial charge in [-0.2, -0.15) is 5.10 Å². The molecule has 1 aromatic rings. The fourth-order valence-electron chi connectivity index (χ4n) is 0.903. The molecule has 0 aliphatic rings. The van der Waals surface area contributed by atoms with Gasteiger partial charge in [0, 0.05) is 5.92 Å². The van der Waals surface area contributed by atoms with E-state index in [1.54, 1.807) is 0 Å². The van der Waals surface area contributed by atoms with Crippen LogP contribution < -0.4 is 0 Å². The number of nitrogens with zero attached hydrogens (tertiary/aromatic N) is 2. The molecule has 6 heteroatoms. The summed E-state index contributed by atoms with van der Waals surface area (Å²) in [6.45, 7) is 3.66. The quantitative estimate of drug-likeness (QED) is 0.572.